The second-order valence-corrected chi connectivity index (χ2v) is 6.25. The van der Waals surface area contributed by atoms with Crippen LogP contribution in [0.3, 0.4) is 0 Å². The predicted octanol–water partition coefficient (Wildman–Crippen LogP) is 4.69. The van der Waals surface area contributed by atoms with Crippen molar-refractivity contribution in [1.82, 2.24) is 4.90 Å². The summed E-state index contributed by atoms with van der Waals surface area (Å²) >= 11 is 0. The Labute approximate surface area is 126 Å². The molecule has 1 nitrogen and oxygen atoms in total. The minimum atomic E-state index is 0.510. The molecule has 0 amide bonds. The summed E-state index contributed by atoms with van der Waals surface area (Å²) < 4.78 is 0. The molecule has 1 unspecified atom stereocenters. The van der Waals surface area contributed by atoms with Crippen LogP contribution in [0.1, 0.15) is 36.5 Å². The molecule has 0 N–H and O–H groups in total. The van der Waals surface area contributed by atoms with Crippen LogP contribution in [0.2, 0.25) is 0 Å². The third-order valence-electron chi connectivity index (χ3n) is 5.22. The number of hydrogen-bond donors (Lipinski definition) is 0. The normalized spacial score (nSPS) is 22.4. The van der Waals surface area contributed by atoms with E-state index in [2.05, 4.69) is 74.5 Å². The monoisotopic (exact) mass is 275 g/mol. The highest BCUT2D eigenvalue weighted by atomic mass is 15.1. The molecule has 0 spiro atoms. The van der Waals surface area contributed by atoms with Crippen molar-refractivity contribution in [2.75, 3.05) is 7.05 Å². The molecule has 0 aromatic heterocycles. The summed E-state index contributed by atoms with van der Waals surface area (Å²) in [4.78, 5) is 2.37. The van der Waals surface area contributed by atoms with Crippen molar-refractivity contribution < 1.29 is 0 Å². The fraction of sp³-hybridized carbons (Fsp3) is 0.300. The van der Waals surface area contributed by atoms with Gasteiger partial charge in [-0.3, -0.25) is 0 Å². The van der Waals surface area contributed by atoms with Gasteiger partial charge in [-0.05, 0) is 46.7 Å². The Bertz CT molecular complexity index is 741. The molecule has 0 saturated heterocycles. The lowest BCUT2D eigenvalue weighted by Gasteiger charge is -2.32. The molecule has 1 aliphatic carbocycles. The van der Waals surface area contributed by atoms with Crippen molar-refractivity contribution in [2.45, 2.75) is 32.2 Å². The van der Waals surface area contributed by atoms with E-state index in [1.165, 1.54) is 27.8 Å². The van der Waals surface area contributed by atoms with Crippen LogP contribution < -0.4 is 0 Å². The zero-order chi connectivity index (χ0) is 14.6. The molecule has 0 fully saturated rings. The first kappa shape index (κ1) is 12.7. The molecule has 0 saturated carbocycles. The number of likely N-dealkylation sites (N-methyl/N-ethyl adjacent to an activating group) is 1. The van der Waals surface area contributed by atoms with Gasteiger partial charge in [-0.1, -0.05) is 49.4 Å². The zero-order valence-electron chi connectivity index (χ0n) is 12.9. The lowest BCUT2D eigenvalue weighted by atomic mass is 9.72. The molecule has 21 heavy (non-hydrogen) atoms. The van der Waals surface area contributed by atoms with Crippen molar-refractivity contribution in [2.24, 2.45) is 0 Å². The molecule has 1 heteroatoms. The first-order valence-corrected chi connectivity index (χ1v) is 7.87. The molecule has 106 valence electrons. The summed E-state index contributed by atoms with van der Waals surface area (Å²) in [6.45, 7) is 4.61. The molecule has 0 bridgehead atoms. The highest BCUT2D eigenvalue weighted by Gasteiger charge is 2.38. The number of benzene rings is 2. The standard InChI is InChI=1S/C20H21N/c1-4-14-8-7-11-17-15-9-5-6-10-16(15)18-12-21(3)13(2)19(18)20(14)17/h5-13,19H,4H2,1-3H3/t13-,19?/m1/s1. The van der Waals surface area contributed by atoms with E-state index < -0.39 is 0 Å². The quantitative estimate of drug-likeness (QED) is 0.730. The minimum absolute atomic E-state index is 0.510. The van der Waals surface area contributed by atoms with Gasteiger partial charge in [0.1, 0.15) is 0 Å². The summed E-state index contributed by atoms with van der Waals surface area (Å²) in [5.74, 6) is 0.510. The van der Waals surface area contributed by atoms with Gasteiger partial charge >= 0.3 is 0 Å². The average molecular weight is 275 g/mol. The van der Waals surface area contributed by atoms with E-state index in [1.54, 1.807) is 5.56 Å². The van der Waals surface area contributed by atoms with Gasteiger partial charge in [0, 0.05) is 25.2 Å². The van der Waals surface area contributed by atoms with Crippen LogP contribution in [0.5, 0.6) is 0 Å². The van der Waals surface area contributed by atoms with Gasteiger partial charge in [0.2, 0.25) is 0 Å². The molecular weight excluding hydrogens is 254 g/mol. The fourth-order valence-corrected chi connectivity index (χ4v) is 4.04. The van der Waals surface area contributed by atoms with Gasteiger partial charge in [-0.2, -0.15) is 0 Å². The van der Waals surface area contributed by atoms with Crippen molar-refractivity contribution in [3.63, 3.8) is 0 Å². The van der Waals surface area contributed by atoms with E-state index in [0.29, 0.717) is 12.0 Å². The molecule has 2 atom stereocenters. The molecule has 2 aromatic rings. The van der Waals surface area contributed by atoms with Gasteiger partial charge < -0.3 is 4.90 Å². The maximum absolute atomic E-state index is 2.37. The first-order chi connectivity index (χ1) is 10.2. The maximum atomic E-state index is 2.37. The minimum Gasteiger partial charge on any atom is -0.377 e. The fourth-order valence-electron chi connectivity index (χ4n) is 4.04. The predicted molar refractivity (Wildman–Crippen MR) is 89.2 cm³/mol. The molecule has 4 rings (SSSR count). The number of aryl methyl sites for hydroxylation is 1. The Morgan fingerprint density at radius 2 is 1.67 bits per heavy atom. The van der Waals surface area contributed by atoms with Gasteiger partial charge in [-0.25, -0.2) is 0 Å². The topological polar surface area (TPSA) is 3.24 Å². The van der Waals surface area contributed by atoms with Crippen LogP contribution in [0.15, 0.2) is 48.7 Å². The molecule has 2 aromatic carbocycles. The van der Waals surface area contributed by atoms with E-state index in [9.17, 15) is 0 Å². The molecule has 2 aliphatic rings. The van der Waals surface area contributed by atoms with Crippen molar-refractivity contribution in [3.05, 3.63) is 65.4 Å². The number of nitrogens with zero attached hydrogens (tertiary/aromatic N) is 1. The number of fused-ring (bicyclic) bond motifs is 6. The van der Waals surface area contributed by atoms with Crippen LogP contribution in [-0.2, 0) is 6.42 Å². The summed E-state index contributed by atoms with van der Waals surface area (Å²) in [7, 11) is 2.20. The summed E-state index contributed by atoms with van der Waals surface area (Å²) in [6.07, 6.45) is 3.45. The largest absolute Gasteiger partial charge is 0.377 e. The molecule has 1 heterocycles. The Morgan fingerprint density at radius 3 is 2.43 bits per heavy atom. The summed E-state index contributed by atoms with van der Waals surface area (Å²) in [6, 6.07) is 16.2. The number of rotatable bonds is 1. The van der Waals surface area contributed by atoms with Crippen molar-refractivity contribution in [3.8, 4) is 11.1 Å². The summed E-state index contributed by atoms with van der Waals surface area (Å²) in [5.41, 5.74) is 8.80. The van der Waals surface area contributed by atoms with E-state index in [1.807, 2.05) is 0 Å². The van der Waals surface area contributed by atoms with Gasteiger partial charge in [-0.15, -0.1) is 0 Å². The SMILES string of the molecule is CCc1cccc2c1C1C(=CN(C)[C@@H]1C)c1ccccc1-2. The van der Waals surface area contributed by atoms with Crippen LogP contribution in [0.4, 0.5) is 0 Å². The Kier molecular flexibility index (Phi) is 2.72. The molecule has 0 radical (unpaired) electrons. The molecule has 1 aliphatic heterocycles. The van der Waals surface area contributed by atoms with E-state index in [4.69, 9.17) is 0 Å². The highest BCUT2D eigenvalue weighted by Crippen LogP contribution is 2.52. The smallest absolute Gasteiger partial charge is 0.0363 e. The van der Waals surface area contributed by atoms with Crippen LogP contribution in [0.25, 0.3) is 16.7 Å². The van der Waals surface area contributed by atoms with Crippen molar-refractivity contribution >= 4 is 5.57 Å². The van der Waals surface area contributed by atoms with E-state index >= 15 is 0 Å². The second kappa shape index (κ2) is 4.49. The number of hydrogen-bond acceptors (Lipinski definition) is 1. The maximum Gasteiger partial charge on any atom is 0.0363 e. The second-order valence-electron chi connectivity index (χ2n) is 6.25. The van der Waals surface area contributed by atoms with Gasteiger partial charge in [0.15, 0.2) is 0 Å². The van der Waals surface area contributed by atoms with Crippen molar-refractivity contribution in [1.29, 1.82) is 0 Å². The zero-order valence-corrected chi connectivity index (χ0v) is 12.9. The third kappa shape index (κ3) is 1.64. The van der Waals surface area contributed by atoms with Crippen LogP contribution in [0, 0.1) is 0 Å². The lowest BCUT2D eigenvalue weighted by Crippen LogP contribution is -2.26. The highest BCUT2D eigenvalue weighted by molar-refractivity contribution is 5.92. The van der Waals surface area contributed by atoms with E-state index in [-0.39, 0.29) is 0 Å². The van der Waals surface area contributed by atoms with Crippen LogP contribution in [-0.4, -0.2) is 18.0 Å². The Hall–Kier alpha value is -2.02. The first-order valence-electron chi connectivity index (χ1n) is 7.87. The third-order valence-corrected chi connectivity index (χ3v) is 5.22. The van der Waals surface area contributed by atoms with Gasteiger partial charge in [0.05, 0.1) is 0 Å². The Morgan fingerprint density at radius 1 is 0.952 bits per heavy atom. The molecular formula is C20H21N. The lowest BCUT2D eigenvalue weighted by molar-refractivity contribution is 0.360. The Balaban J connectivity index is 2.08. The van der Waals surface area contributed by atoms with Gasteiger partial charge in [0.25, 0.3) is 0 Å². The average Bonchev–Trinajstić information content (AvgIpc) is 2.83. The van der Waals surface area contributed by atoms with E-state index in [0.717, 1.165) is 6.42 Å². The van der Waals surface area contributed by atoms with Crippen LogP contribution >= 0.6 is 0 Å². The summed E-state index contributed by atoms with van der Waals surface area (Å²) in [5, 5.41) is 0.